The van der Waals surface area contributed by atoms with E-state index in [0.717, 1.165) is 15.7 Å². The van der Waals surface area contributed by atoms with Gasteiger partial charge in [0, 0.05) is 10.2 Å². The van der Waals surface area contributed by atoms with Gasteiger partial charge < -0.3 is 10.1 Å². The Morgan fingerprint density at radius 1 is 1.61 bits per heavy atom. The van der Waals surface area contributed by atoms with Crippen molar-refractivity contribution in [3.63, 3.8) is 0 Å². The van der Waals surface area contributed by atoms with Crippen LogP contribution in [0.4, 0.5) is 5.69 Å². The Labute approximate surface area is 113 Å². The number of fused-ring (bicyclic) bond motifs is 2. The van der Waals surface area contributed by atoms with Crippen molar-refractivity contribution in [1.29, 1.82) is 0 Å². The molecule has 1 aliphatic carbocycles. The van der Waals surface area contributed by atoms with Gasteiger partial charge in [0.15, 0.2) is 0 Å². The van der Waals surface area contributed by atoms with Crippen molar-refractivity contribution in [2.75, 3.05) is 11.9 Å². The van der Waals surface area contributed by atoms with Crippen LogP contribution in [-0.2, 0) is 19.7 Å². The molecule has 2 aliphatic rings. The number of amides is 1. The van der Waals surface area contributed by atoms with Gasteiger partial charge in [-0.2, -0.15) is 0 Å². The van der Waals surface area contributed by atoms with Gasteiger partial charge in [0.05, 0.1) is 17.9 Å². The summed E-state index contributed by atoms with van der Waals surface area (Å²) in [5, 5.41) is 2.84. The third-order valence-electron chi connectivity index (χ3n) is 3.65. The molecule has 0 bridgehead atoms. The van der Waals surface area contributed by atoms with E-state index in [9.17, 15) is 9.59 Å². The molecule has 1 aliphatic heterocycles. The number of rotatable bonds is 2. The highest BCUT2D eigenvalue weighted by atomic mass is 79.9. The van der Waals surface area contributed by atoms with Gasteiger partial charge in [-0.3, -0.25) is 9.59 Å². The minimum Gasteiger partial charge on any atom is -0.466 e. The smallest absolute Gasteiger partial charge is 0.310 e. The second-order valence-corrected chi connectivity index (χ2v) is 5.54. The number of hydrogen-bond donors (Lipinski definition) is 1. The number of halogens is 1. The normalized spacial score (nSPS) is 27.9. The predicted molar refractivity (Wildman–Crippen MR) is 69.2 cm³/mol. The van der Waals surface area contributed by atoms with Crippen molar-refractivity contribution < 1.29 is 14.3 Å². The minimum atomic E-state index is -0.689. The molecule has 4 nitrogen and oxygen atoms in total. The zero-order valence-corrected chi connectivity index (χ0v) is 11.4. The van der Waals surface area contributed by atoms with E-state index in [2.05, 4.69) is 21.2 Å². The van der Waals surface area contributed by atoms with Crippen LogP contribution in [0.1, 0.15) is 18.9 Å². The molecule has 0 radical (unpaired) electrons. The van der Waals surface area contributed by atoms with Crippen molar-refractivity contribution >= 4 is 33.5 Å². The highest BCUT2D eigenvalue weighted by Crippen LogP contribution is 2.60. The monoisotopic (exact) mass is 309 g/mol. The van der Waals surface area contributed by atoms with Crippen molar-refractivity contribution in [3.8, 4) is 0 Å². The summed E-state index contributed by atoms with van der Waals surface area (Å²) in [6.45, 7) is 2.12. The number of ether oxygens (including phenoxy) is 1. The summed E-state index contributed by atoms with van der Waals surface area (Å²) in [7, 11) is 0. The van der Waals surface area contributed by atoms with E-state index in [1.165, 1.54) is 0 Å². The fraction of sp³-hybridized carbons (Fsp3) is 0.385. The molecule has 0 unspecified atom stereocenters. The first-order valence-corrected chi connectivity index (χ1v) is 6.67. The van der Waals surface area contributed by atoms with Gasteiger partial charge in [0.2, 0.25) is 5.91 Å². The number of carbonyl (C=O) groups excluding carboxylic acids is 2. The summed E-state index contributed by atoms with van der Waals surface area (Å²) in [5.41, 5.74) is 1.01. The summed E-state index contributed by atoms with van der Waals surface area (Å²) < 4.78 is 5.92. The number of carbonyl (C=O) groups is 2. The Bertz CT molecular complexity index is 557. The molecule has 5 heteroatoms. The SMILES string of the molecule is CCOC(=O)[C@@H]1C[C@@]12C(=O)Nc1ccc(Br)cc12. The maximum Gasteiger partial charge on any atom is 0.310 e. The van der Waals surface area contributed by atoms with Crippen LogP contribution in [0.15, 0.2) is 22.7 Å². The number of hydrogen-bond acceptors (Lipinski definition) is 3. The molecular formula is C13H12BrNO3. The molecule has 1 heterocycles. The van der Waals surface area contributed by atoms with Crippen molar-refractivity contribution in [2.45, 2.75) is 18.8 Å². The third kappa shape index (κ3) is 1.43. The Kier molecular flexibility index (Phi) is 2.48. The fourth-order valence-electron chi connectivity index (χ4n) is 2.69. The molecule has 1 aromatic carbocycles. The van der Waals surface area contributed by atoms with Crippen molar-refractivity contribution in [3.05, 3.63) is 28.2 Å². The Morgan fingerprint density at radius 3 is 3.11 bits per heavy atom. The molecular weight excluding hydrogens is 298 g/mol. The van der Waals surface area contributed by atoms with Gasteiger partial charge in [-0.15, -0.1) is 0 Å². The Hall–Kier alpha value is -1.36. The second-order valence-electron chi connectivity index (χ2n) is 4.62. The van der Waals surface area contributed by atoms with E-state index in [4.69, 9.17) is 4.74 Å². The lowest BCUT2D eigenvalue weighted by molar-refractivity contribution is -0.146. The van der Waals surface area contributed by atoms with Gasteiger partial charge in [0.1, 0.15) is 0 Å². The summed E-state index contributed by atoms with van der Waals surface area (Å²) in [6, 6.07) is 5.64. The van der Waals surface area contributed by atoms with Crippen molar-refractivity contribution in [2.24, 2.45) is 5.92 Å². The molecule has 1 amide bonds. The quantitative estimate of drug-likeness (QED) is 0.852. The molecule has 1 spiro atoms. The second kappa shape index (κ2) is 3.82. The van der Waals surface area contributed by atoms with E-state index in [-0.39, 0.29) is 17.8 Å². The van der Waals surface area contributed by atoms with Gasteiger partial charge in [-0.05, 0) is 37.1 Å². The van der Waals surface area contributed by atoms with Gasteiger partial charge in [0.25, 0.3) is 0 Å². The summed E-state index contributed by atoms with van der Waals surface area (Å²) in [6.07, 6.45) is 0.543. The minimum absolute atomic E-state index is 0.0892. The molecule has 3 rings (SSSR count). The van der Waals surface area contributed by atoms with E-state index in [1.807, 2.05) is 18.2 Å². The zero-order valence-electron chi connectivity index (χ0n) is 9.83. The van der Waals surface area contributed by atoms with Crippen LogP contribution in [0.2, 0.25) is 0 Å². The average molecular weight is 310 g/mol. The van der Waals surface area contributed by atoms with E-state index < -0.39 is 5.41 Å². The predicted octanol–water partition coefficient (Wildman–Crippen LogP) is 2.22. The first-order valence-electron chi connectivity index (χ1n) is 5.87. The number of benzene rings is 1. The lowest BCUT2D eigenvalue weighted by atomic mass is 9.95. The van der Waals surface area contributed by atoms with Crippen LogP contribution in [0.25, 0.3) is 0 Å². The Balaban J connectivity index is 1.99. The van der Waals surface area contributed by atoms with Crippen LogP contribution in [0, 0.1) is 5.92 Å². The lowest BCUT2D eigenvalue weighted by Crippen LogP contribution is -2.25. The summed E-state index contributed by atoms with van der Waals surface area (Å²) in [4.78, 5) is 23.9. The van der Waals surface area contributed by atoms with E-state index in [0.29, 0.717) is 13.0 Å². The van der Waals surface area contributed by atoms with Crippen LogP contribution in [0.3, 0.4) is 0 Å². The highest BCUT2D eigenvalue weighted by Gasteiger charge is 2.68. The van der Waals surface area contributed by atoms with Gasteiger partial charge in [-0.25, -0.2) is 0 Å². The number of esters is 1. The molecule has 2 atom stereocenters. The average Bonchev–Trinajstić information content (AvgIpc) is 3.02. The molecule has 1 aromatic rings. The Morgan fingerprint density at radius 2 is 2.39 bits per heavy atom. The number of anilines is 1. The molecule has 1 N–H and O–H groups in total. The van der Waals surface area contributed by atoms with Crippen LogP contribution in [0.5, 0.6) is 0 Å². The standard InChI is InChI=1S/C13H12BrNO3/c1-2-18-11(16)9-6-13(9)8-5-7(14)3-4-10(8)15-12(13)17/h3-5,9H,2,6H2,1H3,(H,15,17)/t9-,13-/m0/s1. The molecule has 0 saturated heterocycles. The fourth-order valence-corrected chi connectivity index (χ4v) is 3.05. The topological polar surface area (TPSA) is 55.4 Å². The lowest BCUT2D eigenvalue weighted by Gasteiger charge is -2.08. The molecule has 0 aromatic heterocycles. The first-order chi connectivity index (χ1) is 8.59. The summed E-state index contributed by atoms with van der Waals surface area (Å²) >= 11 is 3.40. The van der Waals surface area contributed by atoms with Crippen LogP contribution >= 0.6 is 15.9 Å². The van der Waals surface area contributed by atoms with Gasteiger partial charge >= 0.3 is 5.97 Å². The number of nitrogens with one attached hydrogen (secondary N) is 1. The van der Waals surface area contributed by atoms with E-state index >= 15 is 0 Å². The third-order valence-corrected chi connectivity index (χ3v) is 4.14. The molecule has 1 saturated carbocycles. The molecule has 94 valence electrons. The van der Waals surface area contributed by atoms with Crippen LogP contribution < -0.4 is 5.32 Å². The molecule has 18 heavy (non-hydrogen) atoms. The van der Waals surface area contributed by atoms with Crippen LogP contribution in [-0.4, -0.2) is 18.5 Å². The van der Waals surface area contributed by atoms with Crippen molar-refractivity contribution in [1.82, 2.24) is 0 Å². The molecule has 1 fully saturated rings. The van der Waals surface area contributed by atoms with E-state index in [1.54, 1.807) is 6.92 Å². The van der Waals surface area contributed by atoms with Gasteiger partial charge in [-0.1, -0.05) is 15.9 Å². The maximum absolute atomic E-state index is 12.1. The first kappa shape index (κ1) is 11.7. The maximum atomic E-state index is 12.1. The summed E-state index contributed by atoms with van der Waals surface area (Å²) in [5.74, 6) is -0.706. The zero-order chi connectivity index (χ0) is 12.9. The highest BCUT2D eigenvalue weighted by molar-refractivity contribution is 9.10. The largest absolute Gasteiger partial charge is 0.466 e.